The highest BCUT2D eigenvalue weighted by Crippen LogP contribution is 2.30. The molecule has 0 aromatic heterocycles. The molecule has 0 saturated heterocycles. The van der Waals surface area contributed by atoms with Crippen LogP contribution >= 0.6 is 0 Å². The number of anilines is 2. The third-order valence-corrected chi connectivity index (χ3v) is 4.00. The summed E-state index contributed by atoms with van der Waals surface area (Å²) < 4.78 is 37.0. The first-order valence-electron chi connectivity index (χ1n) is 9.66. The monoisotopic (exact) mass is 438 g/mol. The van der Waals surface area contributed by atoms with Crippen LogP contribution in [0.5, 0.6) is 0 Å². The fourth-order valence-corrected chi connectivity index (χ4v) is 2.29. The molecule has 0 fully saturated rings. The molecule has 9 heteroatoms. The Morgan fingerprint density at radius 1 is 0.839 bits per heavy atom. The van der Waals surface area contributed by atoms with Gasteiger partial charge in [-0.3, -0.25) is 0 Å². The number of amides is 4. The molecule has 2 N–H and O–H groups in total. The molecule has 0 heterocycles. The lowest BCUT2D eigenvalue weighted by molar-refractivity contribution is -0.137. The van der Waals surface area contributed by atoms with Gasteiger partial charge in [-0.15, -0.1) is 0 Å². The third-order valence-electron chi connectivity index (χ3n) is 4.00. The van der Waals surface area contributed by atoms with Crippen molar-refractivity contribution in [2.24, 2.45) is 0 Å². The average molecular weight is 438 g/mol. The van der Waals surface area contributed by atoms with Gasteiger partial charge in [0.1, 0.15) is 0 Å². The summed E-state index contributed by atoms with van der Waals surface area (Å²) in [4.78, 5) is 25.3. The lowest BCUT2D eigenvalue weighted by atomic mass is 10.1. The molecular formula is C22H29F3N4O2. The molecule has 0 saturated carbocycles. The van der Waals surface area contributed by atoms with E-state index in [2.05, 4.69) is 29.7 Å². The number of rotatable bonds is 4. The zero-order valence-electron chi connectivity index (χ0n) is 18.4. The number of nitrogens with one attached hydrogen (secondary N) is 2. The zero-order chi connectivity index (χ0) is 23.6. The van der Waals surface area contributed by atoms with Crippen molar-refractivity contribution in [2.75, 3.05) is 38.8 Å². The average Bonchev–Trinajstić information content (AvgIpc) is 2.69. The summed E-state index contributed by atoms with van der Waals surface area (Å²) in [6.45, 7) is 2.15. The van der Waals surface area contributed by atoms with Crippen LogP contribution in [0.2, 0.25) is 0 Å². The van der Waals surface area contributed by atoms with E-state index in [9.17, 15) is 22.8 Å². The highest BCUT2D eigenvalue weighted by molar-refractivity contribution is 5.89. The number of hydrogen-bond acceptors (Lipinski definition) is 2. The Hall–Kier alpha value is -3.23. The van der Waals surface area contributed by atoms with Crippen molar-refractivity contribution in [3.63, 3.8) is 0 Å². The van der Waals surface area contributed by atoms with Crippen molar-refractivity contribution in [1.29, 1.82) is 0 Å². The summed E-state index contributed by atoms with van der Waals surface area (Å²) in [7, 11) is 6.45. The molecular weight excluding hydrogens is 409 g/mol. The molecule has 0 aliphatic rings. The highest BCUT2D eigenvalue weighted by Gasteiger charge is 2.30. The first kappa shape index (κ1) is 25.8. The molecule has 2 rings (SSSR count). The van der Waals surface area contributed by atoms with E-state index in [1.165, 1.54) is 41.6 Å². The maximum Gasteiger partial charge on any atom is 0.416 e. The Labute approximate surface area is 181 Å². The first-order chi connectivity index (χ1) is 14.4. The van der Waals surface area contributed by atoms with E-state index in [0.29, 0.717) is 0 Å². The summed E-state index contributed by atoms with van der Waals surface area (Å²) in [6.07, 6.45) is -2.18. The maximum atomic E-state index is 12.3. The molecule has 31 heavy (non-hydrogen) atoms. The summed E-state index contributed by atoms with van der Waals surface area (Å²) in [6, 6.07) is 11.9. The van der Waals surface area contributed by atoms with Gasteiger partial charge in [0.2, 0.25) is 0 Å². The van der Waals surface area contributed by atoms with E-state index in [4.69, 9.17) is 0 Å². The largest absolute Gasteiger partial charge is 0.416 e. The minimum absolute atomic E-state index is 0.0989. The van der Waals surface area contributed by atoms with Crippen molar-refractivity contribution in [1.82, 2.24) is 9.80 Å². The van der Waals surface area contributed by atoms with Gasteiger partial charge in [0.05, 0.1) is 5.56 Å². The number of carbonyl (C=O) groups is 2. The van der Waals surface area contributed by atoms with E-state index in [-0.39, 0.29) is 11.7 Å². The van der Waals surface area contributed by atoms with Crippen LogP contribution in [-0.4, -0.2) is 50.1 Å². The number of urea groups is 2. The Morgan fingerprint density at radius 2 is 1.35 bits per heavy atom. The Balaban J connectivity index is 0.000000311. The second kappa shape index (κ2) is 11.8. The summed E-state index contributed by atoms with van der Waals surface area (Å²) >= 11 is 0. The number of alkyl halides is 3. The van der Waals surface area contributed by atoms with Crippen LogP contribution in [0.3, 0.4) is 0 Å². The highest BCUT2D eigenvalue weighted by atomic mass is 19.4. The summed E-state index contributed by atoms with van der Waals surface area (Å²) in [5, 5.41) is 5.14. The van der Waals surface area contributed by atoms with Crippen molar-refractivity contribution >= 4 is 23.4 Å². The molecule has 2 aromatic carbocycles. The predicted molar refractivity (Wildman–Crippen MR) is 117 cm³/mol. The third kappa shape index (κ3) is 9.41. The van der Waals surface area contributed by atoms with Crippen molar-refractivity contribution in [3.8, 4) is 0 Å². The Kier molecular flexibility index (Phi) is 9.85. The smallest absolute Gasteiger partial charge is 0.331 e. The van der Waals surface area contributed by atoms with Gasteiger partial charge in [-0.2, -0.15) is 13.2 Å². The molecule has 170 valence electrons. The first-order valence-corrected chi connectivity index (χ1v) is 9.66. The number of nitrogens with zero attached hydrogens (tertiary/aromatic N) is 2. The Bertz CT molecular complexity index is 851. The lowest BCUT2D eigenvalue weighted by Crippen LogP contribution is -2.27. The molecule has 0 aliphatic carbocycles. The van der Waals surface area contributed by atoms with Crippen LogP contribution in [0, 0.1) is 0 Å². The van der Waals surface area contributed by atoms with Crippen molar-refractivity contribution in [3.05, 3.63) is 59.7 Å². The molecule has 2 aromatic rings. The van der Waals surface area contributed by atoms with Crippen LogP contribution in [0.25, 0.3) is 0 Å². The number of hydrogen-bond donors (Lipinski definition) is 2. The Morgan fingerprint density at radius 3 is 1.81 bits per heavy atom. The van der Waals surface area contributed by atoms with Gasteiger partial charge < -0.3 is 20.4 Å². The van der Waals surface area contributed by atoms with Gasteiger partial charge in [0, 0.05) is 39.6 Å². The number of benzene rings is 2. The van der Waals surface area contributed by atoms with Gasteiger partial charge in [0.15, 0.2) is 0 Å². The summed E-state index contributed by atoms with van der Waals surface area (Å²) in [5.41, 5.74) is 1.48. The molecule has 0 bridgehead atoms. The van der Waals surface area contributed by atoms with Gasteiger partial charge in [0.25, 0.3) is 0 Å². The fourth-order valence-electron chi connectivity index (χ4n) is 2.29. The van der Waals surface area contributed by atoms with Crippen LogP contribution in [0.4, 0.5) is 34.1 Å². The van der Waals surface area contributed by atoms with Gasteiger partial charge in [-0.1, -0.05) is 31.5 Å². The maximum absolute atomic E-state index is 12.3. The molecule has 4 amide bonds. The quantitative estimate of drug-likeness (QED) is 0.659. The normalized spacial score (nSPS) is 10.5. The molecule has 0 atom stereocenters. The lowest BCUT2D eigenvalue weighted by Gasteiger charge is -2.13. The topological polar surface area (TPSA) is 64.7 Å². The van der Waals surface area contributed by atoms with Gasteiger partial charge >= 0.3 is 18.2 Å². The second-order valence-electron chi connectivity index (χ2n) is 7.17. The minimum Gasteiger partial charge on any atom is -0.331 e. The summed E-state index contributed by atoms with van der Waals surface area (Å²) in [5.74, 6) is 0. The van der Waals surface area contributed by atoms with E-state index in [0.717, 1.165) is 30.7 Å². The standard InChI is InChI=1S/C12H18N2O.C10H11F3N2O/c1-4-5-10-6-8-11(9-7-10)13-12(15)14(2)3;1-15(2)9(16)14-8-5-3-4-7(6-8)10(11,12)13/h6-9H,4-5H2,1-3H3,(H,13,15);3-6H,1-2H3,(H,14,16). The molecule has 0 spiro atoms. The van der Waals surface area contributed by atoms with Crippen molar-refractivity contribution in [2.45, 2.75) is 25.9 Å². The van der Waals surface area contributed by atoms with E-state index < -0.39 is 17.8 Å². The molecule has 0 unspecified atom stereocenters. The van der Waals surface area contributed by atoms with Gasteiger partial charge in [-0.05, 0) is 42.3 Å². The fraction of sp³-hybridized carbons (Fsp3) is 0.364. The zero-order valence-corrected chi connectivity index (χ0v) is 18.4. The van der Waals surface area contributed by atoms with Crippen LogP contribution < -0.4 is 10.6 Å². The van der Waals surface area contributed by atoms with Gasteiger partial charge in [-0.25, -0.2) is 9.59 Å². The van der Waals surface area contributed by atoms with Crippen LogP contribution in [0.15, 0.2) is 48.5 Å². The molecule has 0 radical (unpaired) electrons. The number of halogens is 3. The number of aryl methyl sites for hydroxylation is 1. The second-order valence-corrected chi connectivity index (χ2v) is 7.17. The van der Waals surface area contributed by atoms with E-state index >= 15 is 0 Å². The number of carbonyl (C=O) groups excluding carboxylic acids is 2. The van der Waals surface area contributed by atoms with E-state index in [1.54, 1.807) is 14.1 Å². The SMILES string of the molecule is CCCc1ccc(NC(=O)N(C)C)cc1.CN(C)C(=O)Nc1cccc(C(F)(F)F)c1. The predicted octanol–water partition coefficient (Wildman–Crippen LogP) is 5.53. The van der Waals surface area contributed by atoms with Crippen molar-refractivity contribution < 1.29 is 22.8 Å². The van der Waals surface area contributed by atoms with Crippen LogP contribution in [0.1, 0.15) is 24.5 Å². The minimum atomic E-state index is -4.40. The van der Waals surface area contributed by atoms with E-state index in [1.807, 2.05) is 12.1 Å². The molecule has 6 nitrogen and oxygen atoms in total. The molecule has 0 aliphatic heterocycles. The van der Waals surface area contributed by atoms with Crippen LogP contribution in [-0.2, 0) is 12.6 Å².